The van der Waals surface area contributed by atoms with E-state index < -0.39 is 363 Å². The van der Waals surface area contributed by atoms with Gasteiger partial charge in [0.05, 0.1) is 70.7 Å². The fourth-order valence-corrected chi connectivity index (χ4v) is 22.6. The van der Waals surface area contributed by atoms with Crippen molar-refractivity contribution in [1.82, 2.24) is 0 Å². The van der Waals surface area contributed by atoms with Crippen molar-refractivity contribution in [2.24, 2.45) is 0 Å². The monoisotopic (exact) mass is 2130 g/mol. The van der Waals surface area contributed by atoms with Gasteiger partial charge in [-0.15, -0.1) is 0 Å². The SMILES string of the molecule is Cc1ccc(S(=O)(=O)OC[C@@H]2O[C@@H]3O[C@H]4[C@H](O)[C@@H](O)[C@@H](O[C@H]5[C@@H](O)[C@H](O)[C@@H](O[C@H]6[C@H](O)[C@H](O)[C@@H](O[C@H]7[C@H](O)[C@@H](O)[C@@H](O[C@H]8[C@H](O)[C@@H](O)[C@@H](O[C@H]9[C@H](O)[C@@H](O)[C@@H](O[C@H]2[C@H](O)[C@H]3O)O[C@H]9COS(=O)(=O)c2ccc(C)cc2)O[C@H]8COS(=O)(=O)c2ccc(C)cc2)O[C@@H]7COS(=O)(=O)c2ccc(C)cc2)O[C@@H]6CO[Si](C)(C)C(C)(C)C)O[C@@H]5COS(=O)(=O)c2ccc(C)cc2)O[C@H]4CO[Si](C)(C)C(C)(C)C)cc1. The van der Waals surface area contributed by atoms with Crippen LogP contribution >= 0.6 is 0 Å². The first-order chi connectivity index (χ1) is 65.7. The van der Waals surface area contributed by atoms with Gasteiger partial charge in [0.2, 0.25) is 0 Å². The molecule has 792 valence electrons. The number of aryl methyl sites for hydroxylation is 5. The molecule has 0 radical (unpaired) electrons. The summed E-state index contributed by atoms with van der Waals surface area (Å²) in [5, 5.41) is 175. The summed E-state index contributed by atoms with van der Waals surface area (Å²) < 4.78 is 272. The van der Waals surface area contributed by atoms with Crippen molar-refractivity contribution >= 4 is 67.2 Å². The molecule has 0 amide bonds. The Labute approximate surface area is 819 Å². The molecule has 0 spiro atoms. The highest BCUT2D eigenvalue weighted by Crippen LogP contribution is 2.45. The summed E-state index contributed by atoms with van der Waals surface area (Å²) in [5.41, 5.74) is 2.98. The quantitative estimate of drug-likeness (QED) is 0.0244. The molecule has 5 aromatic rings. The summed E-state index contributed by atoms with van der Waals surface area (Å²) in [6.45, 7) is 18.8. The summed E-state index contributed by atoms with van der Waals surface area (Å²) in [6.07, 6.45) is -82.3. The average Bonchev–Trinajstić information content (AvgIpc) is 0.886. The van der Waals surface area contributed by atoms with E-state index in [4.69, 9.17) is 96.1 Å². The Morgan fingerprint density at radius 3 is 0.475 bits per heavy atom. The van der Waals surface area contributed by atoms with Gasteiger partial charge in [-0.05, 0) is 132 Å². The Kier molecular flexibility index (Phi) is 36.0. The molecular weight excluding hydrogens is 2010 g/mol. The number of aliphatic hydroxyl groups is 14. The Hall–Kier alpha value is -5.12. The van der Waals surface area contributed by atoms with Gasteiger partial charge in [-0.2, -0.15) is 42.1 Å². The lowest BCUT2D eigenvalue weighted by molar-refractivity contribution is -0.395. The highest BCUT2D eigenvalue weighted by atomic mass is 32.2. The molecule has 141 heavy (non-hydrogen) atoms. The minimum atomic E-state index is -4.97. The molecule has 21 fully saturated rings. The average molecular weight is 2130 g/mol. The smallest absolute Gasteiger partial charge is 0.297 e. The lowest BCUT2D eigenvalue weighted by atomic mass is 9.95. The van der Waals surface area contributed by atoms with Crippen LogP contribution in [0.1, 0.15) is 69.4 Å². The predicted molar refractivity (Wildman–Crippen MR) is 487 cm³/mol. The molecule has 52 heteroatoms. The molecule has 35 atom stereocenters. The maximum absolute atomic E-state index is 14.3. The van der Waals surface area contributed by atoms with Crippen LogP contribution in [-0.4, -0.2) is 391 Å². The third-order valence-corrected chi connectivity index (χ3v) is 42.3. The molecule has 0 unspecified atom stereocenters. The van der Waals surface area contributed by atoms with Crippen molar-refractivity contribution in [3.63, 3.8) is 0 Å². The zero-order valence-electron chi connectivity index (χ0n) is 79.7. The van der Waals surface area contributed by atoms with Gasteiger partial charge in [0, 0.05) is 0 Å². The summed E-state index contributed by atoms with van der Waals surface area (Å²) in [7, 11) is -30.8. The first kappa shape index (κ1) is 113. The molecule has 45 nitrogen and oxygen atoms in total. The van der Waals surface area contributed by atoms with Gasteiger partial charge in [-0.1, -0.05) is 130 Å². The molecule has 14 bridgehead atoms. The number of hydrogen-bond donors (Lipinski definition) is 14. The van der Waals surface area contributed by atoms with Crippen molar-refractivity contribution in [3.8, 4) is 0 Å². The molecule has 14 N–H and O–H groups in total. The predicted octanol–water partition coefficient (Wildman–Crippen LogP) is -0.564. The van der Waals surface area contributed by atoms with Crippen LogP contribution in [0.2, 0.25) is 36.3 Å². The van der Waals surface area contributed by atoms with Crippen LogP contribution in [0.5, 0.6) is 0 Å². The Bertz CT molecular complexity index is 5400. The molecule has 0 aromatic heterocycles. The summed E-state index contributed by atoms with van der Waals surface area (Å²) in [5.74, 6) is 0. The van der Waals surface area contributed by atoms with Gasteiger partial charge in [-0.3, -0.25) is 20.9 Å². The van der Waals surface area contributed by atoms with E-state index >= 15 is 0 Å². The molecule has 26 rings (SSSR count). The molecule has 0 aliphatic carbocycles. The van der Waals surface area contributed by atoms with Crippen LogP contribution in [0, 0.1) is 34.6 Å². The highest BCUT2D eigenvalue weighted by molar-refractivity contribution is 7.87. The van der Waals surface area contributed by atoms with Gasteiger partial charge < -0.3 is 147 Å². The molecular formula is C89H128O45S5Si2. The fourth-order valence-electron chi connectivity index (χ4n) is 16.0. The van der Waals surface area contributed by atoms with Crippen molar-refractivity contribution in [3.05, 3.63) is 149 Å². The topological polar surface area (TPSA) is 648 Å². The Morgan fingerprint density at radius 2 is 0.348 bits per heavy atom. The lowest BCUT2D eigenvalue weighted by Crippen LogP contribution is -2.68. The van der Waals surface area contributed by atoms with E-state index in [9.17, 15) is 114 Å². The molecule has 21 aliphatic rings. The molecule has 21 heterocycles. The number of hydrogen-bond acceptors (Lipinski definition) is 45. The Morgan fingerprint density at radius 1 is 0.220 bits per heavy atom. The first-order valence-corrected chi connectivity index (χ1v) is 58.3. The van der Waals surface area contributed by atoms with Crippen molar-refractivity contribution in [2.45, 2.75) is 352 Å². The summed E-state index contributed by atoms with van der Waals surface area (Å²) >= 11 is 0. The van der Waals surface area contributed by atoms with E-state index in [1.165, 1.54) is 97.1 Å². The number of rotatable bonds is 26. The van der Waals surface area contributed by atoms with Crippen molar-refractivity contribution in [1.29, 1.82) is 0 Å². The van der Waals surface area contributed by atoms with E-state index in [-0.39, 0.29) is 0 Å². The van der Waals surface area contributed by atoms with Crippen LogP contribution < -0.4 is 0 Å². The minimum absolute atomic E-state index is 0.415. The first-order valence-electron chi connectivity index (χ1n) is 45.5. The maximum atomic E-state index is 14.3. The van der Waals surface area contributed by atoms with Crippen LogP contribution in [0.3, 0.4) is 0 Å². The molecule has 21 aliphatic heterocycles. The van der Waals surface area contributed by atoms with Gasteiger partial charge in [-0.25, -0.2) is 0 Å². The van der Waals surface area contributed by atoms with Crippen LogP contribution in [0.15, 0.2) is 146 Å². The number of ether oxygens (including phenoxy) is 14. The second-order valence-electron chi connectivity index (χ2n) is 39.3. The highest BCUT2D eigenvalue weighted by Gasteiger charge is 2.62. The van der Waals surface area contributed by atoms with Crippen LogP contribution in [0.25, 0.3) is 0 Å². The third kappa shape index (κ3) is 26.0. The van der Waals surface area contributed by atoms with Gasteiger partial charge in [0.25, 0.3) is 50.6 Å². The second-order valence-corrected chi connectivity index (χ2v) is 57.0. The third-order valence-electron chi connectivity index (χ3n) is 26.8. The van der Waals surface area contributed by atoms with E-state index in [0.29, 0.717) is 27.8 Å². The van der Waals surface area contributed by atoms with Crippen molar-refractivity contribution in [2.75, 3.05) is 46.2 Å². The van der Waals surface area contributed by atoms with E-state index in [0.717, 1.165) is 24.3 Å². The van der Waals surface area contributed by atoms with Crippen LogP contribution in [-0.2, 0) is 147 Å². The summed E-state index contributed by atoms with van der Waals surface area (Å²) in [6, 6.07) is 25.8. The minimum Gasteiger partial charge on any atom is -0.414 e. The number of benzene rings is 5. The fraction of sp³-hybridized carbons (Fsp3) is 0.663. The molecule has 5 aromatic carbocycles. The Balaban J connectivity index is 0.938. The summed E-state index contributed by atoms with van der Waals surface area (Å²) in [4.78, 5) is -2.27. The normalized spacial score (nSPS) is 36.6. The standard InChI is InChI=1S/C89H128O45S5Si2/c1-43-16-26-48(27-17-43)135(104,105)114-36-53-74-61(91)68(98)82(122-53)130-76-55(38-116-137(108,109)50-30-20-45(3)21-31-50)124-84(70(100)63(76)93)133-79-58(41-119-140(12,13)88(6,7)8)127-87(73(103)66(79)96)132-78-57(40-118-139(112,113)52-34-24-47(5)25-35-52)125-85(71(101)64(78)94)134-80-59(42-120-141(14,15)89(9,10)11)126-86(72(102)65(80)95)131-77-56(39-117-138(110,111)51-32-22-46(4)23-33-51)123-83(69(99)62(77)92)129-75-54(121-81(128-74)67(97)60(75)90)37-115-136(106,107)49-28-18-44(2)19-29-49/h16-35,53-87,90-103H,36-42H2,1-15H3/t53-,54-,55-,56+,57+,58-,59+,60+,61+,62+,63+,64-,65+,66+,67+,68+,69+,70+,71-,72-,73+,74+,75+,76+,77+,78+,79+,80+,81+,82+,83+,84+,85+,86+,87+/m0/s1. The number of aliphatic hydroxyl groups excluding tert-OH is 14. The van der Waals surface area contributed by atoms with E-state index in [2.05, 4.69) is 0 Å². The van der Waals surface area contributed by atoms with Crippen LogP contribution in [0.4, 0.5) is 0 Å². The van der Waals surface area contributed by atoms with Crippen molar-refractivity contribution < 1.29 is 210 Å². The molecule has 0 saturated carbocycles. The van der Waals surface area contributed by atoms with Gasteiger partial charge >= 0.3 is 0 Å². The van der Waals surface area contributed by atoms with Gasteiger partial charge in [0.1, 0.15) is 171 Å². The second kappa shape index (κ2) is 45.0. The lowest BCUT2D eigenvalue weighted by Gasteiger charge is -2.50. The van der Waals surface area contributed by atoms with Gasteiger partial charge in [0.15, 0.2) is 60.7 Å². The zero-order chi connectivity index (χ0) is 103. The maximum Gasteiger partial charge on any atom is 0.297 e. The van der Waals surface area contributed by atoms with E-state index in [1.807, 2.05) is 41.5 Å². The zero-order valence-corrected chi connectivity index (χ0v) is 85.7. The van der Waals surface area contributed by atoms with E-state index in [1.54, 1.807) is 60.8 Å². The molecule has 21 saturated heterocycles. The largest absolute Gasteiger partial charge is 0.414 e.